The minimum absolute atomic E-state index is 0.0448. The van der Waals surface area contributed by atoms with Gasteiger partial charge in [-0.1, -0.05) is 13.8 Å². The highest BCUT2D eigenvalue weighted by Crippen LogP contribution is 2.71. The molecule has 168 valence electrons. The fourth-order valence-electron chi connectivity index (χ4n) is 6.78. The Balaban J connectivity index is 1.46. The van der Waals surface area contributed by atoms with Crippen molar-refractivity contribution in [3.8, 4) is 0 Å². The number of fused-ring (bicyclic) bond motifs is 3. The van der Waals surface area contributed by atoms with Crippen LogP contribution in [0.4, 0.5) is 0 Å². The van der Waals surface area contributed by atoms with Gasteiger partial charge in [-0.05, 0) is 60.7 Å². The van der Waals surface area contributed by atoms with E-state index in [0.717, 1.165) is 19.3 Å². The van der Waals surface area contributed by atoms with Crippen LogP contribution in [-0.4, -0.2) is 86.8 Å². The van der Waals surface area contributed by atoms with Crippen molar-refractivity contribution in [1.82, 2.24) is 0 Å². The maximum Gasteiger partial charge on any atom is 0.186 e. The highest BCUT2D eigenvalue weighted by Gasteiger charge is 2.69. The molecule has 1 saturated heterocycles. The number of aliphatic hydroxyl groups excluding tert-OH is 5. The zero-order valence-electron chi connectivity index (χ0n) is 17.2. The number of rotatable bonds is 5. The van der Waals surface area contributed by atoms with Gasteiger partial charge in [0, 0.05) is 6.61 Å². The van der Waals surface area contributed by atoms with Gasteiger partial charge in [0.05, 0.1) is 18.8 Å². The van der Waals surface area contributed by atoms with E-state index in [1.165, 1.54) is 0 Å². The van der Waals surface area contributed by atoms with Crippen molar-refractivity contribution >= 4 is 0 Å². The third kappa shape index (κ3) is 3.36. The Kier molecular flexibility index (Phi) is 5.79. The molecule has 0 bridgehead atoms. The molecule has 29 heavy (non-hydrogen) atoms. The van der Waals surface area contributed by atoms with Gasteiger partial charge in [0.25, 0.3) is 0 Å². The van der Waals surface area contributed by atoms with Crippen LogP contribution >= 0.6 is 0 Å². The normalized spacial score (nSPS) is 57.1. The summed E-state index contributed by atoms with van der Waals surface area (Å²) in [6.45, 7) is 4.00. The number of hydrogen-bond donors (Lipinski definition) is 6. The van der Waals surface area contributed by atoms with Crippen LogP contribution in [0.2, 0.25) is 0 Å². The first-order valence-corrected chi connectivity index (χ1v) is 10.9. The number of aliphatic hydroxyl groups is 6. The van der Waals surface area contributed by atoms with Crippen LogP contribution in [0.1, 0.15) is 39.5 Å². The van der Waals surface area contributed by atoms with E-state index in [1.54, 1.807) is 0 Å². The Bertz CT molecular complexity index is 601. The van der Waals surface area contributed by atoms with E-state index in [9.17, 15) is 30.6 Å². The van der Waals surface area contributed by atoms with Gasteiger partial charge in [-0.15, -0.1) is 0 Å². The topological polar surface area (TPSA) is 140 Å². The van der Waals surface area contributed by atoms with Crippen molar-refractivity contribution in [2.75, 3.05) is 19.8 Å². The molecule has 8 nitrogen and oxygen atoms in total. The van der Waals surface area contributed by atoms with E-state index in [2.05, 4.69) is 13.8 Å². The molecule has 0 spiro atoms. The van der Waals surface area contributed by atoms with Crippen LogP contribution in [0.3, 0.4) is 0 Å². The molecule has 4 fully saturated rings. The molecule has 12 unspecified atom stereocenters. The molecule has 1 aliphatic heterocycles. The lowest BCUT2D eigenvalue weighted by Gasteiger charge is -2.50. The lowest BCUT2D eigenvalue weighted by molar-refractivity contribution is -0.313. The molecule has 1 heterocycles. The van der Waals surface area contributed by atoms with Gasteiger partial charge in [0.1, 0.15) is 24.4 Å². The standard InChI is InChI=1S/C21H36O8/c1-10-5-6-21(27,11-3-4-12-15(14(10)11)20(12,2)8-23)9-28-19-18(26)17(25)16(24)13(7-22)29-19/h10-19,22-27H,3-9H2,1-2H3. The zero-order chi connectivity index (χ0) is 21.1. The molecule has 4 rings (SSSR count). The van der Waals surface area contributed by atoms with E-state index in [1.807, 2.05) is 0 Å². The smallest absolute Gasteiger partial charge is 0.186 e. The molecular weight excluding hydrogens is 380 g/mol. The third-order valence-corrected chi connectivity index (χ3v) is 8.67. The summed E-state index contributed by atoms with van der Waals surface area (Å²) in [5.74, 6) is 1.77. The summed E-state index contributed by atoms with van der Waals surface area (Å²) < 4.78 is 11.2. The van der Waals surface area contributed by atoms with Gasteiger partial charge in [-0.3, -0.25) is 0 Å². The Morgan fingerprint density at radius 2 is 1.69 bits per heavy atom. The molecule has 6 N–H and O–H groups in total. The van der Waals surface area contributed by atoms with Crippen molar-refractivity contribution in [3.63, 3.8) is 0 Å². The average Bonchev–Trinajstić information content (AvgIpc) is 3.34. The molecule has 4 aliphatic rings. The van der Waals surface area contributed by atoms with Gasteiger partial charge in [0.2, 0.25) is 0 Å². The molecule has 0 radical (unpaired) electrons. The van der Waals surface area contributed by atoms with Gasteiger partial charge in [-0.25, -0.2) is 0 Å². The lowest BCUT2D eigenvalue weighted by atomic mass is 9.59. The monoisotopic (exact) mass is 416 g/mol. The Morgan fingerprint density at radius 3 is 2.34 bits per heavy atom. The van der Waals surface area contributed by atoms with E-state index in [4.69, 9.17) is 9.47 Å². The quantitative estimate of drug-likeness (QED) is 0.344. The molecule has 0 aromatic heterocycles. The first kappa shape index (κ1) is 21.9. The van der Waals surface area contributed by atoms with Crippen molar-refractivity contribution < 1.29 is 40.1 Å². The zero-order valence-corrected chi connectivity index (χ0v) is 17.2. The van der Waals surface area contributed by atoms with E-state index >= 15 is 0 Å². The summed E-state index contributed by atoms with van der Waals surface area (Å²) in [4.78, 5) is 0. The van der Waals surface area contributed by atoms with Gasteiger partial charge < -0.3 is 40.1 Å². The van der Waals surface area contributed by atoms with Crippen LogP contribution in [0.15, 0.2) is 0 Å². The summed E-state index contributed by atoms with van der Waals surface area (Å²) in [6, 6.07) is 0. The van der Waals surface area contributed by atoms with Gasteiger partial charge >= 0.3 is 0 Å². The molecule has 0 amide bonds. The van der Waals surface area contributed by atoms with Gasteiger partial charge in [-0.2, -0.15) is 0 Å². The predicted octanol–water partition coefficient (Wildman–Crippen LogP) is -0.765. The second-order valence-electron chi connectivity index (χ2n) is 10.2. The van der Waals surface area contributed by atoms with Crippen molar-refractivity contribution in [3.05, 3.63) is 0 Å². The minimum atomic E-state index is -1.49. The SMILES string of the molecule is CC1CCC(O)(COC2OC(CO)C(O)C(O)C2O)C2CCC3C(C12)C3(C)CO. The van der Waals surface area contributed by atoms with E-state index in [-0.39, 0.29) is 24.5 Å². The molecule has 12 atom stereocenters. The van der Waals surface area contributed by atoms with E-state index in [0.29, 0.717) is 30.1 Å². The molecule has 3 aliphatic carbocycles. The Hall–Kier alpha value is -0.320. The second kappa shape index (κ2) is 7.67. The van der Waals surface area contributed by atoms with E-state index < -0.39 is 42.9 Å². The van der Waals surface area contributed by atoms with Crippen LogP contribution in [-0.2, 0) is 9.47 Å². The van der Waals surface area contributed by atoms with Crippen LogP contribution in [0.5, 0.6) is 0 Å². The van der Waals surface area contributed by atoms with Crippen molar-refractivity contribution in [1.29, 1.82) is 0 Å². The summed E-state index contributed by atoms with van der Waals surface area (Å²) >= 11 is 0. The van der Waals surface area contributed by atoms with Crippen molar-refractivity contribution in [2.45, 2.75) is 75.8 Å². The predicted molar refractivity (Wildman–Crippen MR) is 101 cm³/mol. The fourth-order valence-corrected chi connectivity index (χ4v) is 6.78. The maximum atomic E-state index is 11.5. The Morgan fingerprint density at radius 1 is 1.00 bits per heavy atom. The first-order valence-electron chi connectivity index (χ1n) is 10.9. The van der Waals surface area contributed by atoms with Crippen molar-refractivity contribution in [2.24, 2.45) is 35.0 Å². The molecule has 0 aromatic carbocycles. The molecule has 8 heteroatoms. The molecular formula is C21H36O8. The second-order valence-corrected chi connectivity index (χ2v) is 10.2. The maximum absolute atomic E-state index is 11.5. The summed E-state index contributed by atoms with van der Waals surface area (Å²) in [6.07, 6.45) is -3.34. The highest BCUT2D eigenvalue weighted by atomic mass is 16.7. The van der Waals surface area contributed by atoms with Crippen LogP contribution in [0, 0.1) is 35.0 Å². The largest absolute Gasteiger partial charge is 0.396 e. The summed E-state index contributed by atoms with van der Waals surface area (Å²) in [5, 5.41) is 60.9. The minimum Gasteiger partial charge on any atom is -0.396 e. The first-order chi connectivity index (χ1) is 13.7. The fraction of sp³-hybridized carbons (Fsp3) is 1.00. The number of hydrogen-bond acceptors (Lipinski definition) is 8. The molecule has 0 aromatic rings. The highest BCUT2D eigenvalue weighted by molar-refractivity contribution is 5.17. The van der Waals surface area contributed by atoms with Crippen LogP contribution in [0.25, 0.3) is 0 Å². The summed E-state index contributed by atoms with van der Waals surface area (Å²) in [5.41, 5.74) is -1.12. The lowest BCUT2D eigenvalue weighted by Crippen LogP contribution is -2.60. The summed E-state index contributed by atoms with van der Waals surface area (Å²) in [7, 11) is 0. The van der Waals surface area contributed by atoms with Gasteiger partial charge in [0.15, 0.2) is 6.29 Å². The third-order valence-electron chi connectivity index (χ3n) is 8.67. The Labute approximate surface area is 171 Å². The van der Waals surface area contributed by atoms with Crippen LogP contribution < -0.4 is 0 Å². The number of ether oxygens (including phenoxy) is 2. The average molecular weight is 417 g/mol. The molecule has 3 saturated carbocycles.